The number of fused-ring (bicyclic) bond motifs is 1. The van der Waals surface area contributed by atoms with Crippen molar-refractivity contribution in [3.63, 3.8) is 0 Å². The van der Waals surface area contributed by atoms with Crippen LogP contribution < -0.4 is 15.0 Å². The molecule has 2 aromatic rings. The molecule has 1 heterocycles. The largest absolute Gasteiger partial charge is 0.492 e. The number of halogens is 1. The lowest BCUT2D eigenvalue weighted by molar-refractivity contribution is -0.919. The maximum Gasteiger partial charge on any atom is 0.138 e. The molecule has 0 spiro atoms. The molecule has 24 heavy (non-hydrogen) atoms. The fourth-order valence-electron chi connectivity index (χ4n) is 3.10. The van der Waals surface area contributed by atoms with Crippen LogP contribution in [0, 0.1) is 0 Å². The Morgan fingerprint density at radius 3 is 2.79 bits per heavy atom. The number of morpholine rings is 1. The highest BCUT2D eigenvalue weighted by molar-refractivity contribution is 6.37. The van der Waals surface area contributed by atoms with E-state index in [1.165, 1.54) is 13.1 Å². The molecule has 4 nitrogen and oxygen atoms in total. The van der Waals surface area contributed by atoms with Gasteiger partial charge in [-0.1, -0.05) is 41.9 Å². The van der Waals surface area contributed by atoms with Gasteiger partial charge in [0.1, 0.15) is 31.9 Å². The van der Waals surface area contributed by atoms with Crippen LogP contribution in [0.15, 0.2) is 36.4 Å². The number of rotatable bonds is 8. The van der Waals surface area contributed by atoms with E-state index < -0.39 is 0 Å². The zero-order valence-corrected chi connectivity index (χ0v) is 14.9. The van der Waals surface area contributed by atoms with Crippen molar-refractivity contribution in [2.75, 3.05) is 52.5 Å². The van der Waals surface area contributed by atoms with Crippen LogP contribution >= 0.6 is 11.6 Å². The molecule has 1 fully saturated rings. The van der Waals surface area contributed by atoms with Gasteiger partial charge in [0, 0.05) is 11.8 Å². The predicted octanol–water partition coefficient (Wildman–Crippen LogP) is 0.741. The molecule has 0 amide bonds. The van der Waals surface area contributed by atoms with Gasteiger partial charge in [-0.05, 0) is 11.5 Å². The summed E-state index contributed by atoms with van der Waals surface area (Å²) in [6, 6.07) is 12.2. The van der Waals surface area contributed by atoms with E-state index >= 15 is 0 Å². The van der Waals surface area contributed by atoms with Gasteiger partial charge < -0.3 is 19.7 Å². The molecule has 0 aromatic heterocycles. The predicted molar refractivity (Wildman–Crippen MR) is 97.1 cm³/mol. The van der Waals surface area contributed by atoms with Crippen LogP contribution in [0.4, 0.5) is 0 Å². The number of hydrogen-bond acceptors (Lipinski definition) is 2. The first-order valence-corrected chi connectivity index (χ1v) is 9.25. The lowest BCUT2D eigenvalue weighted by Gasteiger charge is -2.22. The SMILES string of the molecule is Clc1c(OCCC[NH2+]CC[NH+]2CCOCC2)ccc2ccccc12. The minimum absolute atomic E-state index is 0.707. The van der Waals surface area contributed by atoms with E-state index in [9.17, 15) is 0 Å². The molecule has 2 aromatic carbocycles. The second-order valence-corrected chi connectivity index (χ2v) is 6.66. The van der Waals surface area contributed by atoms with E-state index in [0.717, 1.165) is 55.8 Å². The molecule has 0 aliphatic carbocycles. The quantitative estimate of drug-likeness (QED) is 0.689. The highest BCUT2D eigenvalue weighted by Gasteiger charge is 2.13. The number of hydrogen-bond donors (Lipinski definition) is 2. The van der Waals surface area contributed by atoms with E-state index in [1.54, 1.807) is 4.90 Å². The lowest BCUT2D eigenvalue weighted by atomic mass is 10.1. The maximum absolute atomic E-state index is 6.44. The average Bonchev–Trinajstić information content (AvgIpc) is 2.64. The van der Waals surface area contributed by atoms with Crippen molar-refractivity contribution in [3.8, 4) is 5.75 Å². The van der Waals surface area contributed by atoms with Crippen molar-refractivity contribution >= 4 is 22.4 Å². The Balaban J connectivity index is 1.34. The molecule has 0 bridgehead atoms. The lowest BCUT2D eigenvalue weighted by Crippen LogP contribution is -3.16. The van der Waals surface area contributed by atoms with Crippen molar-refractivity contribution in [1.29, 1.82) is 0 Å². The van der Waals surface area contributed by atoms with Gasteiger partial charge in [0.25, 0.3) is 0 Å². The molecule has 3 N–H and O–H groups in total. The van der Waals surface area contributed by atoms with Crippen LogP contribution in [-0.4, -0.2) is 52.5 Å². The van der Waals surface area contributed by atoms with E-state index in [0.29, 0.717) is 11.6 Å². The average molecular weight is 351 g/mol. The molecule has 0 unspecified atom stereocenters. The van der Waals surface area contributed by atoms with E-state index in [4.69, 9.17) is 21.1 Å². The summed E-state index contributed by atoms with van der Waals surface area (Å²) in [7, 11) is 0. The zero-order valence-electron chi connectivity index (χ0n) is 14.1. The van der Waals surface area contributed by atoms with Crippen LogP contribution in [-0.2, 0) is 4.74 Å². The minimum Gasteiger partial charge on any atom is -0.492 e. The molecule has 5 heteroatoms. The summed E-state index contributed by atoms with van der Waals surface area (Å²) in [5.74, 6) is 0.785. The maximum atomic E-state index is 6.44. The molecular formula is C19H27ClN2O2+2. The van der Waals surface area contributed by atoms with Crippen molar-refractivity contribution < 1.29 is 19.7 Å². The molecule has 1 aliphatic heterocycles. The normalized spacial score (nSPS) is 15.7. The van der Waals surface area contributed by atoms with Gasteiger partial charge >= 0.3 is 0 Å². The van der Waals surface area contributed by atoms with Crippen molar-refractivity contribution in [2.45, 2.75) is 6.42 Å². The third-order valence-corrected chi connectivity index (χ3v) is 4.93. The molecule has 1 aliphatic rings. The fourth-order valence-corrected chi connectivity index (χ4v) is 3.39. The van der Waals surface area contributed by atoms with Crippen LogP contribution in [0.1, 0.15) is 6.42 Å². The van der Waals surface area contributed by atoms with Gasteiger partial charge in [0.05, 0.1) is 31.4 Å². The van der Waals surface area contributed by atoms with Gasteiger partial charge in [-0.25, -0.2) is 0 Å². The van der Waals surface area contributed by atoms with Gasteiger partial charge in [-0.2, -0.15) is 0 Å². The second-order valence-electron chi connectivity index (χ2n) is 6.28. The number of nitrogens with two attached hydrogens (primary N) is 1. The number of quaternary nitrogens is 2. The monoisotopic (exact) mass is 350 g/mol. The molecule has 0 radical (unpaired) electrons. The van der Waals surface area contributed by atoms with E-state index in [1.807, 2.05) is 24.3 Å². The number of nitrogens with one attached hydrogen (secondary N) is 1. The van der Waals surface area contributed by atoms with Crippen molar-refractivity contribution in [3.05, 3.63) is 41.4 Å². The molecule has 0 atom stereocenters. The summed E-state index contributed by atoms with van der Waals surface area (Å²) in [6.45, 7) is 8.32. The highest BCUT2D eigenvalue weighted by Crippen LogP contribution is 2.32. The van der Waals surface area contributed by atoms with Gasteiger partial charge in [-0.3, -0.25) is 0 Å². The van der Waals surface area contributed by atoms with Crippen LogP contribution in [0.5, 0.6) is 5.75 Å². The molecule has 3 rings (SSSR count). The molecule has 1 saturated heterocycles. The molecular weight excluding hydrogens is 324 g/mol. The summed E-state index contributed by atoms with van der Waals surface area (Å²) in [4.78, 5) is 1.66. The standard InChI is InChI=1S/C19H25ClN2O2/c20-19-17-5-2-1-4-16(17)6-7-18(19)24-13-3-8-21-9-10-22-11-14-23-15-12-22/h1-2,4-7,21H,3,8-15H2/p+2. The van der Waals surface area contributed by atoms with Crippen molar-refractivity contribution in [2.24, 2.45) is 0 Å². The van der Waals surface area contributed by atoms with E-state index in [2.05, 4.69) is 17.4 Å². The first kappa shape index (κ1) is 17.5. The Kier molecular flexibility index (Phi) is 6.73. The Labute approximate surface area is 148 Å². The van der Waals surface area contributed by atoms with Crippen molar-refractivity contribution in [1.82, 2.24) is 0 Å². The summed E-state index contributed by atoms with van der Waals surface area (Å²) >= 11 is 6.44. The van der Waals surface area contributed by atoms with Gasteiger partial charge in [0.2, 0.25) is 0 Å². The van der Waals surface area contributed by atoms with Gasteiger partial charge in [-0.15, -0.1) is 0 Å². The first-order valence-electron chi connectivity index (χ1n) is 8.87. The number of benzene rings is 2. The van der Waals surface area contributed by atoms with Crippen LogP contribution in [0.3, 0.4) is 0 Å². The molecule has 0 saturated carbocycles. The van der Waals surface area contributed by atoms with E-state index in [-0.39, 0.29) is 0 Å². The smallest absolute Gasteiger partial charge is 0.138 e. The zero-order chi connectivity index (χ0) is 16.6. The topological polar surface area (TPSA) is 39.5 Å². The Morgan fingerprint density at radius 1 is 1.08 bits per heavy atom. The minimum atomic E-state index is 0.707. The third-order valence-electron chi connectivity index (χ3n) is 4.54. The third kappa shape index (κ3) is 4.84. The Morgan fingerprint density at radius 2 is 1.92 bits per heavy atom. The first-order chi connectivity index (χ1) is 11.8. The fraction of sp³-hybridized carbons (Fsp3) is 0.474. The summed E-state index contributed by atoms with van der Waals surface area (Å²) in [5.41, 5.74) is 0. The Hall–Kier alpha value is -1.33. The van der Waals surface area contributed by atoms with Gasteiger partial charge in [0.15, 0.2) is 0 Å². The molecule has 130 valence electrons. The summed E-state index contributed by atoms with van der Waals surface area (Å²) in [6.07, 6.45) is 1.03. The summed E-state index contributed by atoms with van der Waals surface area (Å²) < 4.78 is 11.2. The second kappa shape index (κ2) is 9.23. The summed E-state index contributed by atoms with van der Waals surface area (Å²) in [5, 5.41) is 5.30. The van der Waals surface area contributed by atoms with Crippen LogP contribution in [0.25, 0.3) is 10.8 Å². The van der Waals surface area contributed by atoms with Crippen LogP contribution in [0.2, 0.25) is 5.02 Å². The highest BCUT2D eigenvalue weighted by atomic mass is 35.5. The number of ether oxygens (including phenoxy) is 2. The Bertz CT molecular complexity index is 644.